The fourth-order valence-electron chi connectivity index (χ4n) is 3.32. The molecule has 1 atom stereocenters. The van der Waals surface area contributed by atoms with Crippen molar-refractivity contribution in [3.05, 3.63) is 45.5 Å². The predicted octanol–water partition coefficient (Wildman–Crippen LogP) is 2.10. The highest BCUT2D eigenvalue weighted by atomic mass is 79.9. The minimum absolute atomic E-state index is 0.0611. The summed E-state index contributed by atoms with van der Waals surface area (Å²) in [5, 5.41) is 2.66. The van der Waals surface area contributed by atoms with E-state index in [9.17, 15) is 13.6 Å². The quantitative estimate of drug-likeness (QED) is 0.657. The van der Waals surface area contributed by atoms with E-state index in [0.29, 0.717) is 12.2 Å². The Balaban J connectivity index is 2.04. The second-order valence-electron chi connectivity index (χ2n) is 6.14. The van der Waals surface area contributed by atoms with Gasteiger partial charge in [0.05, 0.1) is 12.2 Å². The van der Waals surface area contributed by atoms with E-state index >= 15 is 0 Å². The number of benzene rings is 1. The summed E-state index contributed by atoms with van der Waals surface area (Å²) in [5.74, 6) is -3.02. The second kappa shape index (κ2) is 6.13. The Morgan fingerprint density at radius 2 is 2.00 bits per heavy atom. The zero-order valence-electron chi connectivity index (χ0n) is 13.5. The van der Waals surface area contributed by atoms with Gasteiger partial charge in [-0.15, -0.1) is 0 Å². The number of aromatic nitrogens is 4. The van der Waals surface area contributed by atoms with Crippen LogP contribution in [-0.2, 0) is 0 Å². The first-order valence-electron chi connectivity index (χ1n) is 7.98. The first-order chi connectivity index (χ1) is 12.4. The zero-order valence-corrected chi connectivity index (χ0v) is 15.1. The van der Waals surface area contributed by atoms with Crippen molar-refractivity contribution in [3.63, 3.8) is 0 Å². The van der Waals surface area contributed by atoms with Crippen LogP contribution in [0, 0.1) is 0 Å². The average Bonchev–Trinajstić information content (AvgIpc) is 2.89. The van der Waals surface area contributed by atoms with E-state index in [2.05, 4.69) is 31.2 Å². The maximum absolute atomic E-state index is 14.5. The van der Waals surface area contributed by atoms with Gasteiger partial charge in [-0.05, 0) is 37.2 Å². The van der Waals surface area contributed by atoms with Crippen LogP contribution in [0.25, 0.3) is 16.9 Å². The molecule has 1 aliphatic rings. The summed E-state index contributed by atoms with van der Waals surface area (Å²) in [7, 11) is 0. The van der Waals surface area contributed by atoms with Crippen molar-refractivity contribution in [3.8, 4) is 5.69 Å². The first kappa shape index (κ1) is 17.1. The van der Waals surface area contributed by atoms with E-state index in [1.165, 1.54) is 10.9 Å². The van der Waals surface area contributed by atoms with Crippen LogP contribution in [0.15, 0.2) is 39.9 Å². The van der Waals surface area contributed by atoms with Crippen molar-refractivity contribution in [1.29, 1.82) is 0 Å². The third-order valence-electron chi connectivity index (χ3n) is 4.52. The molecule has 1 saturated heterocycles. The summed E-state index contributed by atoms with van der Waals surface area (Å²) in [6, 6.07) is 5.60. The molecule has 1 aromatic carbocycles. The van der Waals surface area contributed by atoms with Gasteiger partial charge in [0.2, 0.25) is 0 Å². The maximum atomic E-state index is 14.5. The molecule has 1 fully saturated rings. The number of halogens is 3. The van der Waals surface area contributed by atoms with Crippen molar-refractivity contribution < 1.29 is 8.78 Å². The van der Waals surface area contributed by atoms with Crippen molar-refractivity contribution in [1.82, 2.24) is 24.4 Å². The number of nitrogens with one attached hydrogen (secondary N) is 1. The molecule has 0 unspecified atom stereocenters. The second-order valence-corrected chi connectivity index (χ2v) is 7.05. The SMILES string of the molecule is Nc1ncnc2c1n(-c1ccc(Br)cc1)c(=O)n2[C@H]1CCNCC1(F)F. The fourth-order valence-corrected chi connectivity index (χ4v) is 3.58. The molecule has 26 heavy (non-hydrogen) atoms. The Hall–Kier alpha value is -2.33. The van der Waals surface area contributed by atoms with Crippen molar-refractivity contribution >= 4 is 32.9 Å². The van der Waals surface area contributed by atoms with Gasteiger partial charge in [0.25, 0.3) is 5.92 Å². The molecule has 0 aliphatic carbocycles. The smallest absolute Gasteiger partial charge is 0.335 e. The zero-order chi connectivity index (χ0) is 18.5. The highest BCUT2D eigenvalue weighted by molar-refractivity contribution is 9.10. The van der Waals surface area contributed by atoms with Gasteiger partial charge < -0.3 is 11.1 Å². The molecular weight excluding hydrogens is 410 g/mol. The van der Waals surface area contributed by atoms with E-state index in [0.717, 1.165) is 9.04 Å². The van der Waals surface area contributed by atoms with Gasteiger partial charge >= 0.3 is 5.69 Å². The number of nitrogens with zero attached hydrogens (tertiary/aromatic N) is 4. The Bertz CT molecular complexity index is 1030. The Labute approximate surface area is 155 Å². The van der Waals surface area contributed by atoms with E-state index < -0.39 is 24.2 Å². The molecule has 0 bridgehead atoms. The van der Waals surface area contributed by atoms with Gasteiger partial charge in [-0.25, -0.2) is 23.5 Å². The molecule has 136 valence electrons. The molecule has 2 aromatic heterocycles. The number of anilines is 1. The van der Waals surface area contributed by atoms with Crippen molar-refractivity contribution in [2.45, 2.75) is 18.4 Å². The minimum atomic E-state index is -3.08. The third-order valence-corrected chi connectivity index (χ3v) is 5.05. The normalized spacial score (nSPS) is 19.7. The van der Waals surface area contributed by atoms with Crippen molar-refractivity contribution in [2.24, 2.45) is 0 Å². The number of hydrogen-bond donors (Lipinski definition) is 2. The van der Waals surface area contributed by atoms with Crippen LogP contribution in [-0.4, -0.2) is 38.1 Å². The van der Waals surface area contributed by atoms with Crippen LogP contribution in [0.1, 0.15) is 12.5 Å². The first-order valence-corrected chi connectivity index (χ1v) is 8.77. The number of nitrogen functional groups attached to an aromatic ring is 1. The lowest BCUT2D eigenvalue weighted by atomic mass is 10.0. The van der Waals surface area contributed by atoms with E-state index in [4.69, 9.17) is 5.73 Å². The highest BCUT2D eigenvalue weighted by Crippen LogP contribution is 2.35. The Kier molecular flexibility index (Phi) is 4.03. The number of piperidine rings is 1. The van der Waals surface area contributed by atoms with Crippen molar-refractivity contribution in [2.75, 3.05) is 18.8 Å². The molecule has 7 nitrogen and oxygen atoms in total. The predicted molar refractivity (Wildman–Crippen MR) is 96.7 cm³/mol. The summed E-state index contributed by atoms with van der Waals surface area (Å²) in [5.41, 5.74) is 6.20. The molecule has 0 spiro atoms. The largest absolute Gasteiger partial charge is 0.382 e. The van der Waals surface area contributed by atoms with Crippen LogP contribution in [0.3, 0.4) is 0 Å². The number of rotatable bonds is 2. The minimum Gasteiger partial charge on any atom is -0.382 e. The lowest BCUT2D eigenvalue weighted by molar-refractivity contribution is -0.0658. The summed E-state index contributed by atoms with van der Waals surface area (Å²) in [4.78, 5) is 21.2. The summed E-state index contributed by atoms with van der Waals surface area (Å²) < 4.78 is 32.2. The van der Waals surface area contributed by atoms with E-state index in [-0.39, 0.29) is 23.4 Å². The molecule has 1 aliphatic heterocycles. The fraction of sp³-hybridized carbons (Fsp3) is 0.312. The van der Waals surface area contributed by atoms with Crippen LogP contribution in [0.4, 0.5) is 14.6 Å². The number of hydrogen-bond acceptors (Lipinski definition) is 5. The lowest BCUT2D eigenvalue weighted by Gasteiger charge is -2.32. The van der Waals surface area contributed by atoms with Gasteiger partial charge in [0.15, 0.2) is 11.5 Å². The van der Waals surface area contributed by atoms with Gasteiger partial charge in [-0.2, -0.15) is 0 Å². The van der Waals surface area contributed by atoms with Gasteiger partial charge in [-0.3, -0.25) is 9.13 Å². The molecule has 0 amide bonds. The monoisotopic (exact) mass is 424 g/mol. The standard InChI is InChI=1S/C16H15BrF2N6O/c17-9-1-3-10(4-2-9)24-12-13(20)22-8-23-14(12)25(15(24)26)11-5-6-21-7-16(11,18)19/h1-4,8,11,21H,5-7H2,(H2,20,22,23)/t11-/m0/s1. The van der Waals surface area contributed by atoms with Crippen LogP contribution < -0.4 is 16.7 Å². The highest BCUT2D eigenvalue weighted by Gasteiger charge is 2.45. The Morgan fingerprint density at radius 1 is 1.27 bits per heavy atom. The number of nitrogens with two attached hydrogens (primary N) is 1. The number of imidazole rings is 1. The maximum Gasteiger partial charge on any atom is 0.335 e. The molecule has 4 rings (SSSR count). The summed E-state index contributed by atoms with van der Waals surface area (Å²) in [6.07, 6.45) is 1.29. The molecule has 3 heterocycles. The Morgan fingerprint density at radius 3 is 2.69 bits per heavy atom. The topological polar surface area (TPSA) is 90.8 Å². The van der Waals surface area contributed by atoms with Gasteiger partial charge in [0, 0.05) is 4.47 Å². The summed E-state index contributed by atoms with van der Waals surface area (Å²) >= 11 is 3.34. The van der Waals surface area contributed by atoms with E-state index in [1.807, 2.05) is 0 Å². The van der Waals surface area contributed by atoms with Gasteiger partial charge in [0.1, 0.15) is 17.9 Å². The summed E-state index contributed by atoms with van der Waals surface area (Å²) in [6.45, 7) is -0.103. The van der Waals surface area contributed by atoms with E-state index in [1.54, 1.807) is 24.3 Å². The molecule has 0 radical (unpaired) electrons. The number of fused-ring (bicyclic) bond motifs is 1. The third kappa shape index (κ3) is 2.60. The molecule has 0 saturated carbocycles. The van der Waals surface area contributed by atoms with Gasteiger partial charge in [-0.1, -0.05) is 15.9 Å². The van der Waals surface area contributed by atoms with Crippen LogP contribution in [0.2, 0.25) is 0 Å². The molecular formula is C16H15BrF2N6O. The van der Waals surface area contributed by atoms with Crippen LogP contribution in [0.5, 0.6) is 0 Å². The number of alkyl halides is 2. The molecule has 10 heteroatoms. The lowest BCUT2D eigenvalue weighted by Crippen LogP contribution is -2.49. The molecule has 3 N–H and O–H groups in total. The average molecular weight is 425 g/mol. The van der Waals surface area contributed by atoms with Crippen LogP contribution >= 0.6 is 15.9 Å². The molecule has 3 aromatic rings.